The predicted molar refractivity (Wildman–Crippen MR) is 159 cm³/mol. The number of halogens is 6. The van der Waals surface area contributed by atoms with Crippen LogP contribution in [-0.4, -0.2) is 72.1 Å². The molecule has 16 heteroatoms. The van der Waals surface area contributed by atoms with Gasteiger partial charge in [0.1, 0.15) is 12.7 Å². The number of alkyl halides is 6. The SMILES string of the molecule is C[C@@H]1CC[C@H]2C(COCC#CC(O)C3=C(C(F)(F)F)O[C@@H]4O[C@]5(C)CC[C@H]6[C@H](C)CC[C@@H]3[C@@]46OO5)=C(C(F)(F)F)O[C@@H]3O[C@]4(C)CC[C@@H]1[C@]32OO4. The number of allylic oxidation sites excluding steroid dienone is 2. The van der Waals surface area contributed by atoms with Crippen molar-refractivity contribution < 1.29 is 74.7 Å². The third kappa shape index (κ3) is 5.46. The van der Waals surface area contributed by atoms with E-state index in [0.29, 0.717) is 44.9 Å². The molecule has 8 heterocycles. The van der Waals surface area contributed by atoms with Gasteiger partial charge in [-0.3, -0.25) is 0 Å². The van der Waals surface area contributed by atoms with E-state index in [1.165, 1.54) is 0 Å². The van der Waals surface area contributed by atoms with Crippen LogP contribution in [0.5, 0.6) is 0 Å². The Morgan fingerprint density at radius 2 is 1.25 bits per heavy atom. The van der Waals surface area contributed by atoms with Crippen LogP contribution in [0.25, 0.3) is 0 Å². The van der Waals surface area contributed by atoms with Crippen molar-refractivity contribution in [2.45, 2.75) is 133 Å². The molecule has 1 N–H and O–H groups in total. The first-order chi connectivity index (χ1) is 23.9. The summed E-state index contributed by atoms with van der Waals surface area (Å²) < 4.78 is 116. The second-order valence-corrected chi connectivity index (χ2v) is 15.8. The van der Waals surface area contributed by atoms with Gasteiger partial charge in [-0.25, -0.2) is 19.6 Å². The van der Waals surface area contributed by atoms with Gasteiger partial charge < -0.3 is 28.8 Å². The monoisotopic (exact) mass is 736 g/mol. The molecule has 0 aromatic rings. The molecule has 0 aromatic heterocycles. The van der Waals surface area contributed by atoms with Crippen molar-refractivity contribution in [1.82, 2.24) is 0 Å². The summed E-state index contributed by atoms with van der Waals surface area (Å²) in [5.74, 6) is -2.44. The maximum absolute atomic E-state index is 14.6. The summed E-state index contributed by atoms with van der Waals surface area (Å²) in [5, 5.41) is 11.3. The molecule has 13 atom stereocenters. The zero-order chi connectivity index (χ0) is 36.4. The van der Waals surface area contributed by atoms with Crippen LogP contribution in [-0.2, 0) is 43.2 Å². The van der Waals surface area contributed by atoms with Crippen LogP contribution < -0.4 is 0 Å². The highest BCUT2D eigenvalue weighted by Gasteiger charge is 2.72. The molecule has 8 fully saturated rings. The van der Waals surface area contributed by atoms with E-state index in [2.05, 4.69) is 11.8 Å². The Kier molecular flexibility index (Phi) is 8.41. The molecule has 2 spiro atoms. The van der Waals surface area contributed by atoms with E-state index in [-0.39, 0.29) is 35.7 Å². The number of aliphatic hydroxyl groups excluding tert-OH is 1. The van der Waals surface area contributed by atoms with Gasteiger partial charge in [0, 0.05) is 47.7 Å². The quantitative estimate of drug-likeness (QED) is 0.149. The lowest BCUT2D eigenvalue weighted by Crippen LogP contribution is -2.68. The zero-order valence-corrected chi connectivity index (χ0v) is 28.7. The van der Waals surface area contributed by atoms with Crippen molar-refractivity contribution in [3.05, 3.63) is 22.7 Å². The van der Waals surface area contributed by atoms with Crippen LogP contribution in [0.4, 0.5) is 26.3 Å². The molecule has 2 saturated carbocycles. The molecule has 10 nitrogen and oxygen atoms in total. The summed E-state index contributed by atoms with van der Waals surface area (Å²) in [6, 6.07) is 0. The summed E-state index contributed by atoms with van der Waals surface area (Å²) in [6.45, 7) is 6.14. The molecule has 51 heavy (non-hydrogen) atoms. The summed E-state index contributed by atoms with van der Waals surface area (Å²) in [5.41, 5.74) is -3.46. The number of hydrogen-bond donors (Lipinski definition) is 1. The van der Waals surface area contributed by atoms with Gasteiger partial charge in [0.2, 0.25) is 35.7 Å². The van der Waals surface area contributed by atoms with E-state index in [9.17, 15) is 31.4 Å². The van der Waals surface area contributed by atoms with Gasteiger partial charge in [-0.1, -0.05) is 25.7 Å². The molecular formula is C35H42F6O10. The van der Waals surface area contributed by atoms with Crippen LogP contribution >= 0.6 is 0 Å². The largest absolute Gasteiger partial charge is 0.456 e. The predicted octanol–water partition coefficient (Wildman–Crippen LogP) is 6.49. The van der Waals surface area contributed by atoms with E-state index in [4.69, 9.17) is 43.2 Å². The molecule has 10 rings (SSSR count). The van der Waals surface area contributed by atoms with E-state index in [1.807, 2.05) is 13.8 Å². The Morgan fingerprint density at radius 3 is 1.80 bits per heavy atom. The first-order valence-electron chi connectivity index (χ1n) is 17.7. The highest BCUT2D eigenvalue weighted by Crippen LogP contribution is 2.63. The summed E-state index contributed by atoms with van der Waals surface area (Å²) in [6.07, 6.45) is -11.0. The number of ether oxygens (including phenoxy) is 5. The maximum atomic E-state index is 14.6. The van der Waals surface area contributed by atoms with Crippen molar-refractivity contribution in [3.63, 3.8) is 0 Å². The van der Waals surface area contributed by atoms with Crippen LogP contribution in [0.1, 0.15) is 79.1 Å². The number of rotatable bonds is 4. The summed E-state index contributed by atoms with van der Waals surface area (Å²) in [4.78, 5) is 23.2. The van der Waals surface area contributed by atoms with Gasteiger partial charge in [-0.15, -0.1) is 0 Å². The van der Waals surface area contributed by atoms with E-state index in [1.54, 1.807) is 13.8 Å². The minimum Gasteiger partial charge on any atom is -0.456 e. The Labute approximate surface area is 290 Å². The molecule has 2 aliphatic carbocycles. The first kappa shape index (κ1) is 35.9. The molecule has 0 aromatic carbocycles. The minimum atomic E-state index is -5.00. The van der Waals surface area contributed by atoms with Gasteiger partial charge in [-0.2, -0.15) is 26.3 Å². The van der Waals surface area contributed by atoms with Gasteiger partial charge in [0.05, 0.1) is 6.61 Å². The van der Waals surface area contributed by atoms with E-state index in [0.717, 1.165) is 0 Å². The average molecular weight is 737 g/mol. The van der Waals surface area contributed by atoms with Gasteiger partial charge in [-0.05, 0) is 64.2 Å². The fraction of sp³-hybridized carbons (Fsp3) is 0.829. The Balaban J connectivity index is 1.06. The van der Waals surface area contributed by atoms with Crippen LogP contribution in [0.3, 0.4) is 0 Å². The zero-order valence-electron chi connectivity index (χ0n) is 28.7. The molecule has 0 amide bonds. The topological polar surface area (TPSA) is 103 Å². The van der Waals surface area contributed by atoms with Crippen LogP contribution in [0, 0.1) is 47.3 Å². The Morgan fingerprint density at radius 1 is 0.745 bits per heavy atom. The van der Waals surface area contributed by atoms with Crippen molar-refractivity contribution in [2.75, 3.05) is 13.2 Å². The number of fused-ring (bicyclic) bond motifs is 4. The van der Waals surface area contributed by atoms with Crippen molar-refractivity contribution >= 4 is 0 Å². The Bertz CT molecular complexity index is 1550. The molecule has 10 aliphatic rings. The molecule has 6 saturated heterocycles. The summed E-state index contributed by atoms with van der Waals surface area (Å²) in [7, 11) is 0. The number of aliphatic hydroxyl groups is 1. The highest BCUT2D eigenvalue weighted by atomic mass is 19.4. The van der Waals surface area contributed by atoms with Crippen LogP contribution in [0.15, 0.2) is 22.7 Å². The molecule has 8 aliphatic heterocycles. The normalized spacial score (nSPS) is 46.5. The van der Waals surface area contributed by atoms with Gasteiger partial charge >= 0.3 is 12.4 Å². The lowest BCUT2D eigenvalue weighted by Gasteiger charge is -2.57. The lowest BCUT2D eigenvalue weighted by molar-refractivity contribution is -0.558. The summed E-state index contributed by atoms with van der Waals surface area (Å²) >= 11 is 0. The average Bonchev–Trinajstić information content (AvgIpc) is 3.43. The smallest absolute Gasteiger partial charge is 0.449 e. The highest BCUT2D eigenvalue weighted by molar-refractivity contribution is 5.35. The molecule has 284 valence electrons. The second-order valence-electron chi connectivity index (χ2n) is 15.8. The fourth-order valence-electron chi connectivity index (χ4n) is 10.3. The van der Waals surface area contributed by atoms with Gasteiger partial charge in [0.15, 0.2) is 11.2 Å². The van der Waals surface area contributed by atoms with E-state index >= 15 is 0 Å². The fourth-order valence-corrected chi connectivity index (χ4v) is 10.3. The van der Waals surface area contributed by atoms with Crippen LogP contribution in [0.2, 0.25) is 0 Å². The third-order valence-electron chi connectivity index (χ3n) is 12.7. The standard InChI is InChI=1S/C35H42F6O10/c1-17-7-9-22-19(26(34(36,37)38)44-28-32(22)20(17)11-13-30(3,46-28)48-50-32)16-43-15-5-6-24(42)25-23-10-8-18(2)21-12-14-31(4)47-29(33(21,23)51-49-31)45-27(25)35(39,40)41/h17-18,20-24,28-29,42H,7-16H2,1-4H3/t17-,18-,20+,21+,22+,23+,24?,28-,29-,30+,31+,32-,33-/m1/s1. The molecular weight excluding hydrogens is 694 g/mol. The number of hydrogen-bond acceptors (Lipinski definition) is 10. The molecule has 4 bridgehead atoms. The van der Waals surface area contributed by atoms with E-state index < -0.39 is 96.0 Å². The second kappa shape index (κ2) is 11.9. The van der Waals surface area contributed by atoms with Crippen molar-refractivity contribution in [1.29, 1.82) is 0 Å². The van der Waals surface area contributed by atoms with Gasteiger partial charge in [0.25, 0.3) is 0 Å². The third-order valence-corrected chi connectivity index (χ3v) is 12.7. The molecule has 0 radical (unpaired) electrons. The molecule has 1 unspecified atom stereocenters. The van der Waals surface area contributed by atoms with Crippen molar-refractivity contribution in [2.24, 2.45) is 35.5 Å². The minimum absolute atomic E-state index is 0.0436. The maximum Gasteiger partial charge on any atom is 0.449 e. The Hall–Kier alpha value is -2.10. The van der Waals surface area contributed by atoms with Crippen molar-refractivity contribution in [3.8, 4) is 11.8 Å². The first-order valence-corrected chi connectivity index (χ1v) is 17.7. The lowest BCUT2D eigenvalue weighted by atomic mass is 9.59.